The van der Waals surface area contributed by atoms with Gasteiger partial charge in [-0.25, -0.2) is 0 Å². The van der Waals surface area contributed by atoms with E-state index in [0.717, 1.165) is 49.1 Å². The lowest BCUT2D eigenvalue weighted by molar-refractivity contribution is -0.153. The summed E-state index contributed by atoms with van der Waals surface area (Å²) in [5, 5.41) is 11.4. The normalized spacial score (nSPS) is 18.5. The lowest BCUT2D eigenvalue weighted by Gasteiger charge is -2.35. The number of ether oxygens (including phenoxy) is 6. The summed E-state index contributed by atoms with van der Waals surface area (Å²) in [7, 11) is 2.81. The number of methoxy groups -OCH3 is 2. The molecule has 0 amide bonds. The molecule has 12 heteroatoms. The fourth-order valence-corrected chi connectivity index (χ4v) is 9.32. The summed E-state index contributed by atoms with van der Waals surface area (Å²) in [5.74, 6) is -0.510. The monoisotopic (exact) mass is 945 g/mol. The number of benzene rings is 4. The Morgan fingerprint density at radius 3 is 1.56 bits per heavy atom. The molecule has 0 spiro atoms. The first-order valence-corrected chi connectivity index (χ1v) is 24.5. The Balaban J connectivity index is 0.000000249. The number of hydrogen-bond donors (Lipinski definition) is 1. The molecule has 2 fully saturated rings. The van der Waals surface area contributed by atoms with Gasteiger partial charge in [0.1, 0.15) is 13.2 Å². The Labute approximate surface area is 403 Å². The number of aldehydes is 1. The van der Waals surface area contributed by atoms with Gasteiger partial charge in [0.2, 0.25) is 11.6 Å². The third kappa shape index (κ3) is 16.9. The molecule has 6 rings (SSSR count). The number of carbonyl (C=O) groups is 3. The number of carbonyl (C=O) groups excluding carboxylic acids is 3. The van der Waals surface area contributed by atoms with Gasteiger partial charge in [0.05, 0.1) is 45.0 Å². The lowest BCUT2D eigenvalue weighted by Crippen LogP contribution is -2.33. The van der Waals surface area contributed by atoms with Gasteiger partial charge in [0.25, 0.3) is 0 Å². The zero-order valence-corrected chi connectivity index (χ0v) is 41.0. The minimum atomic E-state index is -1.25. The van der Waals surface area contributed by atoms with E-state index in [9.17, 15) is 23.9 Å². The van der Waals surface area contributed by atoms with E-state index < -0.39 is 29.6 Å². The van der Waals surface area contributed by atoms with Crippen molar-refractivity contribution in [2.45, 2.75) is 130 Å². The van der Waals surface area contributed by atoms with Crippen molar-refractivity contribution < 1.29 is 56.7 Å². The standard InChI is InChI=1S/C28H37FO5.C16H15FO3.C12H22O2/c1-4-9-19-12-14-21(15-13-19)24(28(31)32-3)26(30)22-16-17-23(33-5-2)25(29)27(22)34-18-20-10-7-6-8-11-20;1-2-19-14-9-8-13(10-18)16(15(14)17)20-11-12-6-4-3-5-7-12;1-3-4-10-5-7-11(8-6-10)9-12(13)14-2/h6-8,10-11,16-17,19,21,24,26,30H,4-5,9,12-15,18H2,1-3H3;3-10H,2,11H2,1H3;10-11H,3-9H2,1-2H3. The smallest absolute Gasteiger partial charge is 0.311 e. The fraction of sp³-hybridized carbons (Fsp3) is 0.518. The van der Waals surface area contributed by atoms with Crippen LogP contribution in [0.5, 0.6) is 23.0 Å². The van der Waals surface area contributed by atoms with Crippen LogP contribution >= 0.6 is 0 Å². The molecule has 4 aromatic carbocycles. The summed E-state index contributed by atoms with van der Waals surface area (Å²) in [5.41, 5.74) is 2.17. The maximum atomic E-state index is 15.4. The topological polar surface area (TPSA) is 127 Å². The molecule has 0 saturated heterocycles. The maximum absolute atomic E-state index is 15.4. The second-order valence-electron chi connectivity index (χ2n) is 17.6. The number of esters is 2. The van der Waals surface area contributed by atoms with Crippen LogP contribution in [0.15, 0.2) is 84.9 Å². The highest BCUT2D eigenvalue weighted by atomic mass is 19.1. The predicted octanol–water partition coefficient (Wildman–Crippen LogP) is 13.0. The molecule has 2 aliphatic carbocycles. The molecule has 2 saturated carbocycles. The summed E-state index contributed by atoms with van der Waals surface area (Å²) in [6.07, 6.45) is 13.7. The van der Waals surface area contributed by atoms with Crippen molar-refractivity contribution in [2.24, 2.45) is 29.6 Å². The van der Waals surface area contributed by atoms with Gasteiger partial charge >= 0.3 is 11.9 Å². The van der Waals surface area contributed by atoms with Crippen molar-refractivity contribution in [1.29, 1.82) is 0 Å². The largest absolute Gasteiger partial charge is 0.491 e. The first-order chi connectivity index (χ1) is 33.0. The van der Waals surface area contributed by atoms with Gasteiger partial charge in [-0.1, -0.05) is 126 Å². The van der Waals surface area contributed by atoms with E-state index in [-0.39, 0.29) is 59.2 Å². The minimum Gasteiger partial charge on any atom is -0.491 e. The van der Waals surface area contributed by atoms with Crippen LogP contribution < -0.4 is 18.9 Å². The van der Waals surface area contributed by atoms with Gasteiger partial charge in [-0.05, 0) is 98.6 Å². The van der Waals surface area contributed by atoms with Crippen LogP contribution in [-0.4, -0.2) is 50.8 Å². The Kier molecular flexibility index (Phi) is 24.4. The SMILES string of the molecule is CCCC1CCC(C(C(=O)OC)C(O)c2ccc(OCC)c(F)c2OCc2ccccc2)CC1.CCCC1CCC(CC(=O)OC)CC1.CCOc1ccc(C=O)c(OCc2ccccc2)c1F. The van der Waals surface area contributed by atoms with E-state index in [4.69, 9.17) is 23.7 Å². The molecule has 0 radical (unpaired) electrons. The van der Waals surface area contributed by atoms with Gasteiger partial charge in [0.15, 0.2) is 29.3 Å². The Morgan fingerprint density at radius 1 is 0.618 bits per heavy atom. The fourth-order valence-electron chi connectivity index (χ4n) is 9.32. The average Bonchev–Trinajstić information content (AvgIpc) is 3.36. The van der Waals surface area contributed by atoms with Crippen LogP contribution in [-0.2, 0) is 32.3 Å². The highest BCUT2D eigenvalue weighted by molar-refractivity contribution is 5.80. The van der Waals surface area contributed by atoms with E-state index in [1.807, 2.05) is 60.7 Å². The highest BCUT2D eigenvalue weighted by Gasteiger charge is 2.40. The second kappa shape index (κ2) is 30.1. The van der Waals surface area contributed by atoms with Crippen LogP contribution in [0.25, 0.3) is 0 Å². The van der Waals surface area contributed by atoms with Crippen molar-refractivity contribution in [1.82, 2.24) is 0 Å². The number of aliphatic hydroxyl groups excluding tert-OH is 1. The second-order valence-corrected chi connectivity index (χ2v) is 17.6. The molecule has 0 aromatic heterocycles. The quantitative estimate of drug-likeness (QED) is 0.0637. The average molecular weight is 945 g/mol. The van der Waals surface area contributed by atoms with Crippen molar-refractivity contribution in [3.05, 3.63) is 119 Å². The molecule has 1 N–H and O–H groups in total. The van der Waals surface area contributed by atoms with Gasteiger partial charge in [-0.3, -0.25) is 14.4 Å². The van der Waals surface area contributed by atoms with E-state index in [2.05, 4.69) is 18.6 Å². The summed E-state index contributed by atoms with van der Waals surface area (Å²) >= 11 is 0. The van der Waals surface area contributed by atoms with E-state index in [0.29, 0.717) is 37.8 Å². The van der Waals surface area contributed by atoms with Crippen LogP contribution in [0.2, 0.25) is 0 Å². The third-order valence-electron chi connectivity index (χ3n) is 12.9. The maximum Gasteiger partial charge on any atom is 0.311 e. The van der Waals surface area contributed by atoms with Crippen LogP contribution in [0.3, 0.4) is 0 Å². The third-order valence-corrected chi connectivity index (χ3v) is 12.9. The zero-order chi connectivity index (χ0) is 49.3. The summed E-state index contributed by atoms with van der Waals surface area (Å²) < 4.78 is 61.3. The van der Waals surface area contributed by atoms with Crippen LogP contribution in [0.4, 0.5) is 8.78 Å². The first-order valence-electron chi connectivity index (χ1n) is 24.5. The highest BCUT2D eigenvalue weighted by Crippen LogP contribution is 2.44. The van der Waals surface area contributed by atoms with E-state index >= 15 is 4.39 Å². The molecule has 0 bridgehead atoms. The van der Waals surface area contributed by atoms with Gasteiger partial charge < -0.3 is 33.5 Å². The molecule has 10 nitrogen and oxygen atoms in total. The molecule has 0 heterocycles. The van der Waals surface area contributed by atoms with Gasteiger partial charge in [0, 0.05) is 12.0 Å². The van der Waals surface area contributed by atoms with Crippen molar-refractivity contribution >= 4 is 18.2 Å². The minimum absolute atomic E-state index is 0.0350. The molecular weight excluding hydrogens is 871 g/mol. The summed E-state index contributed by atoms with van der Waals surface area (Å²) in [6, 6.07) is 24.8. The molecule has 2 unspecified atom stereocenters. The Bertz CT molecular complexity index is 2080. The van der Waals surface area contributed by atoms with Gasteiger partial charge in [-0.15, -0.1) is 0 Å². The summed E-state index contributed by atoms with van der Waals surface area (Å²) in [6.45, 7) is 8.92. The molecule has 68 heavy (non-hydrogen) atoms. The number of rotatable bonds is 21. The van der Waals surface area contributed by atoms with Gasteiger partial charge in [-0.2, -0.15) is 8.78 Å². The molecule has 2 aliphatic rings. The van der Waals surface area contributed by atoms with Crippen LogP contribution in [0.1, 0.15) is 144 Å². The lowest BCUT2D eigenvalue weighted by atomic mass is 9.72. The zero-order valence-electron chi connectivity index (χ0n) is 41.0. The Hall–Kier alpha value is -5.49. The van der Waals surface area contributed by atoms with E-state index in [1.54, 1.807) is 19.9 Å². The number of hydrogen-bond acceptors (Lipinski definition) is 10. The number of aliphatic hydroxyl groups is 1. The van der Waals surface area contributed by atoms with Crippen molar-refractivity contribution in [2.75, 3.05) is 27.4 Å². The van der Waals surface area contributed by atoms with Crippen LogP contribution in [0, 0.1) is 41.2 Å². The molecule has 2 atom stereocenters. The molecular formula is C56H74F2O10. The van der Waals surface area contributed by atoms with E-state index in [1.165, 1.54) is 77.4 Å². The number of halogens is 2. The molecule has 4 aromatic rings. The first kappa shape index (κ1) is 55.1. The molecule has 0 aliphatic heterocycles. The van der Waals surface area contributed by atoms with Crippen molar-refractivity contribution in [3.63, 3.8) is 0 Å². The molecule has 372 valence electrons. The summed E-state index contributed by atoms with van der Waals surface area (Å²) in [4.78, 5) is 34.9. The predicted molar refractivity (Wildman–Crippen MR) is 260 cm³/mol. The Morgan fingerprint density at radius 2 is 1.09 bits per heavy atom. The van der Waals surface area contributed by atoms with Crippen molar-refractivity contribution in [3.8, 4) is 23.0 Å².